The molecule has 2 aromatic carbocycles. The molecule has 0 saturated carbocycles. The number of carbonyl (C=O) groups excluding carboxylic acids is 1. The van der Waals surface area contributed by atoms with E-state index >= 15 is 0 Å². The average molecular weight is 526 g/mol. The third kappa shape index (κ3) is 5.05. The van der Waals surface area contributed by atoms with Crippen molar-refractivity contribution in [2.45, 2.75) is 19.5 Å². The lowest BCUT2D eigenvalue weighted by molar-refractivity contribution is 0.205. The number of thiophene rings is 1. The van der Waals surface area contributed by atoms with Gasteiger partial charge in [-0.1, -0.05) is 47.5 Å². The molecule has 0 unspecified atom stereocenters. The average Bonchev–Trinajstić information content (AvgIpc) is 3.38. The lowest BCUT2D eigenvalue weighted by atomic mass is 10.1. The van der Waals surface area contributed by atoms with Gasteiger partial charge in [0, 0.05) is 22.9 Å². The van der Waals surface area contributed by atoms with Crippen molar-refractivity contribution in [2.75, 3.05) is 17.2 Å². The second-order valence-corrected chi connectivity index (χ2v) is 9.87. The Kier molecular flexibility index (Phi) is 6.77. The lowest BCUT2D eigenvalue weighted by Gasteiger charge is -2.29. The summed E-state index contributed by atoms with van der Waals surface area (Å²) in [5, 5.41) is 8.97. The van der Waals surface area contributed by atoms with Crippen molar-refractivity contribution in [3.8, 4) is 5.69 Å². The summed E-state index contributed by atoms with van der Waals surface area (Å²) in [6, 6.07) is 17.9. The summed E-state index contributed by atoms with van der Waals surface area (Å²) in [5.41, 5.74) is 2.16. The molecular formula is C25H21Cl2N5O2S. The summed E-state index contributed by atoms with van der Waals surface area (Å²) in [6.07, 6.45) is 0.468. The number of halogens is 2. The highest BCUT2D eigenvalue weighted by Gasteiger charge is 2.27. The summed E-state index contributed by atoms with van der Waals surface area (Å²) in [6.45, 7) is 1.14. The topological polar surface area (TPSA) is 79.3 Å². The minimum Gasteiger partial charge on any atom is -0.350 e. The van der Waals surface area contributed by atoms with Gasteiger partial charge >= 0.3 is 6.03 Å². The molecule has 0 saturated heterocycles. The Hall–Kier alpha value is -3.33. The maximum atomic E-state index is 13.7. The number of carbonyl (C=O) groups is 1. The molecule has 0 aliphatic carbocycles. The highest BCUT2D eigenvalue weighted by Crippen LogP contribution is 2.26. The summed E-state index contributed by atoms with van der Waals surface area (Å²) < 4.78 is 1.57. The van der Waals surface area contributed by atoms with Gasteiger partial charge in [-0.05, 0) is 41.8 Å². The SMILES string of the molecule is O=C(Nc1ccc(Cl)cc1Cl)N1CCc2nc(NCc3cccs3)n(-c3ccccc3)c(=O)c2C1. The van der Waals surface area contributed by atoms with Crippen LogP contribution in [0.4, 0.5) is 16.4 Å². The highest BCUT2D eigenvalue weighted by atomic mass is 35.5. The third-order valence-electron chi connectivity index (χ3n) is 5.70. The fourth-order valence-corrected chi connectivity index (χ4v) is 5.05. The Morgan fingerprint density at radius 3 is 2.66 bits per heavy atom. The van der Waals surface area contributed by atoms with Gasteiger partial charge in [0.1, 0.15) is 0 Å². The predicted octanol–water partition coefficient (Wildman–Crippen LogP) is 5.80. The van der Waals surface area contributed by atoms with Crippen molar-refractivity contribution in [2.24, 2.45) is 0 Å². The quantitative estimate of drug-likeness (QED) is 0.345. The molecule has 35 heavy (non-hydrogen) atoms. The fourth-order valence-electron chi connectivity index (χ4n) is 3.95. The zero-order valence-electron chi connectivity index (χ0n) is 18.5. The van der Waals surface area contributed by atoms with Gasteiger partial charge in [0.05, 0.1) is 40.7 Å². The molecule has 2 aromatic heterocycles. The van der Waals surface area contributed by atoms with Crippen LogP contribution in [0, 0.1) is 0 Å². The molecule has 0 radical (unpaired) electrons. The minimum atomic E-state index is -0.342. The van der Waals surface area contributed by atoms with Gasteiger partial charge in [-0.2, -0.15) is 0 Å². The van der Waals surface area contributed by atoms with E-state index in [9.17, 15) is 9.59 Å². The van der Waals surface area contributed by atoms with E-state index in [0.29, 0.717) is 58.1 Å². The molecule has 0 bridgehead atoms. The van der Waals surface area contributed by atoms with Crippen LogP contribution in [0.25, 0.3) is 5.69 Å². The van der Waals surface area contributed by atoms with E-state index < -0.39 is 0 Å². The van der Waals surface area contributed by atoms with E-state index in [1.54, 1.807) is 39.0 Å². The number of nitrogens with one attached hydrogen (secondary N) is 2. The van der Waals surface area contributed by atoms with E-state index in [-0.39, 0.29) is 18.1 Å². The molecule has 4 aromatic rings. The lowest BCUT2D eigenvalue weighted by Crippen LogP contribution is -2.43. The second kappa shape index (κ2) is 10.1. The number of urea groups is 1. The van der Waals surface area contributed by atoms with Crippen molar-refractivity contribution < 1.29 is 4.79 Å². The van der Waals surface area contributed by atoms with Crippen molar-refractivity contribution in [1.29, 1.82) is 0 Å². The number of nitrogens with zero attached hydrogens (tertiary/aromatic N) is 3. The molecule has 2 amide bonds. The van der Waals surface area contributed by atoms with Crippen LogP contribution in [0.3, 0.4) is 0 Å². The molecule has 7 nitrogen and oxygen atoms in total. The molecule has 0 atom stereocenters. The number of anilines is 2. The smallest absolute Gasteiger partial charge is 0.322 e. The van der Waals surface area contributed by atoms with Crippen LogP contribution in [-0.2, 0) is 19.5 Å². The Morgan fingerprint density at radius 1 is 1.09 bits per heavy atom. The fraction of sp³-hybridized carbons (Fsp3) is 0.160. The van der Waals surface area contributed by atoms with Crippen molar-refractivity contribution in [3.63, 3.8) is 0 Å². The summed E-state index contributed by atoms with van der Waals surface area (Å²) in [7, 11) is 0. The number of benzene rings is 2. The largest absolute Gasteiger partial charge is 0.350 e. The van der Waals surface area contributed by atoms with E-state index in [4.69, 9.17) is 28.2 Å². The molecule has 1 aliphatic heterocycles. The third-order valence-corrected chi connectivity index (χ3v) is 7.13. The van der Waals surface area contributed by atoms with Crippen LogP contribution < -0.4 is 16.2 Å². The van der Waals surface area contributed by atoms with Crippen LogP contribution in [0.15, 0.2) is 70.8 Å². The summed E-state index contributed by atoms with van der Waals surface area (Å²) >= 11 is 13.8. The number of aromatic nitrogens is 2. The Labute approximate surface area is 216 Å². The van der Waals surface area contributed by atoms with Gasteiger partial charge in [-0.3, -0.25) is 4.79 Å². The van der Waals surface area contributed by atoms with Crippen molar-refractivity contribution in [1.82, 2.24) is 14.5 Å². The first kappa shape index (κ1) is 23.4. The number of fused-ring (bicyclic) bond motifs is 1. The van der Waals surface area contributed by atoms with Crippen LogP contribution >= 0.6 is 34.5 Å². The highest BCUT2D eigenvalue weighted by molar-refractivity contribution is 7.09. The van der Waals surface area contributed by atoms with Gasteiger partial charge in [-0.25, -0.2) is 14.3 Å². The van der Waals surface area contributed by atoms with Gasteiger partial charge < -0.3 is 15.5 Å². The molecule has 10 heteroatoms. The maximum Gasteiger partial charge on any atom is 0.322 e. The first-order chi connectivity index (χ1) is 17.0. The molecule has 178 valence electrons. The van der Waals surface area contributed by atoms with E-state index in [0.717, 1.165) is 4.88 Å². The molecule has 0 fully saturated rings. The van der Waals surface area contributed by atoms with Crippen LogP contribution in [0.1, 0.15) is 16.1 Å². The monoisotopic (exact) mass is 525 g/mol. The summed E-state index contributed by atoms with van der Waals surface area (Å²) in [4.78, 5) is 34.2. The molecular weight excluding hydrogens is 505 g/mol. The number of hydrogen-bond acceptors (Lipinski definition) is 5. The standard InChI is InChI=1S/C25H21Cl2N5O2S/c26-16-8-9-22(20(27)13-16)30-25(34)31-11-10-21-19(15-31)23(33)32(17-5-2-1-3-6-17)24(29-21)28-14-18-7-4-12-35-18/h1-9,12-13H,10-11,14-15H2,(H,28,29)(H,30,34). The normalized spacial score (nSPS) is 12.8. The van der Waals surface area contributed by atoms with Gasteiger partial charge in [-0.15, -0.1) is 11.3 Å². The Morgan fingerprint density at radius 2 is 1.91 bits per heavy atom. The zero-order chi connectivity index (χ0) is 24.4. The van der Waals surface area contributed by atoms with E-state index in [2.05, 4.69) is 10.6 Å². The molecule has 2 N–H and O–H groups in total. The predicted molar refractivity (Wildman–Crippen MR) is 141 cm³/mol. The summed E-state index contributed by atoms with van der Waals surface area (Å²) in [5.74, 6) is 0.485. The zero-order valence-corrected chi connectivity index (χ0v) is 20.8. The molecule has 5 rings (SSSR count). The van der Waals surface area contributed by atoms with Crippen molar-refractivity contribution >= 4 is 52.2 Å². The van der Waals surface area contributed by atoms with Gasteiger partial charge in [0.2, 0.25) is 5.95 Å². The number of para-hydroxylation sites is 1. The van der Waals surface area contributed by atoms with E-state index in [1.807, 2.05) is 47.8 Å². The molecule has 3 heterocycles. The number of rotatable bonds is 5. The van der Waals surface area contributed by atoms with Crippen LogP contribution in [0.5, 0.6) is 0 Å². The first-order valence-corrected chi connectivity index (χ1v) is 12.6. The molecule has 1 aliphatic rings. The Balaban J connectivity index is 1.45. The van der Waals surface area contributed by atoms with Gasteiger partial charge in [0.15, 0.2) is 0 Å². The Bertz CT molecular complexity index is 1420. The molecule has 0 spiro atoms. The van der Waals surface area contributed by atoms with Crippen molar-refractivity contribution in [3.05, 3.63) is 103 Å². The second-order valence-electron chi connectivity index (χ2n) is 8.00. The van der Waals surface area contributed by atoms with Gasteiger partial charge in [0.25, 0.3) is 5.56 Å². The maximum absolute atomic E-state index is 13.7. The number of amides is 2. The first-order valence-electron chi connectivity index (χ1n) is 11.0. The van der Waals surface area contributed by atoms with E-state index in [1.165, 1.54) is 0 Å². The number of hydrogen-bond donors (Lipinski definition) is 2. The minimum absolute atomic E-state index is 0.149. The van der Waals surface area contributed by atoms with Crippen LogP contribution in [-0.4, -0.2) is 27.0 Å². The van der Waals surface area contributed by atoms with Crippen LogP contribution in [0.2, 0.25) is 10.0 Å².